The smallest absolute Gasteiger partial charge is 0.264 e. The molecule has 1 aliphatic heterocycles. The molecule has 10 heteroatoms. The van der Waals surface area contributed by atoms with Crippen LogP contribution in [-0.2, 0) is 7.05 Å². The van der Waals surface area contributed by atoms with Crippen molar-refractivity contribution in [2.45, 2.75) is 4.90 Å². The first kappa shape index (κ1) is 21.0. The summed E-state index contributed by atoms with van der Waals surface area (Å²) in [5.74, 6) is 3.02. The second kappa shape index (κ2) is 8.91. The van der Waals surface area contributed by atoms with E-state index in [1.165, 1.54) is 22.9 Å². The first-order valence-corrected chi connectivity index (χ1v) is 11.2. The summed E-state index contributed by atoms with van der Waals surface area (Å²) < 4.78 is 20.5. The third-order valence-corrected chi connectivity index (χ3v) is 6.11. The van der Waals surface area contributed by atoms with E-state index in [1.807, 2.05) is 6.07 Å². The number of hydrogen-bond donors (Lipinski definition) is 2. The lowest BCUT2D eigenvalue weighted by atomic mass is 10.2. The van der Waals surface area contributed by atoms with Crippen LogP contribution in [0.15, 0.2) is 70.7 Å². The van der Waals surface area contributed by atoms with Crippen molar-refractivity contribution in [3.05, 3.63) is 77.2 Å². The number of aromatic nitrogens is 4. The lowest BCUT2D eigenvalue weighted by Gasteiger charge is -2.19. The molecule has 0 atom stereocenters. The number of benzene rings is 1. The van der Waals surface area contributed by atoms with Crippen molar-refractivity contribution in [2.24, 2.45) is 7.05 Å². The average molecular weight is 463 g/mol. The van der Waals surface area contributed by atoms with Crippen LogP contribution in [-0.4, -0.2) is 31.8 Å². The monoisotopic (exact) mass is 462 g/mol. The average Bonchev–Trinajstić information content (AvgIpc) is 2.84. The molecule has 0 aliphatic carbocycles. The predicted molar refractivity (Wildman–Crippen MR) is 126 cm³/mol. The molecule has 0 saturated carbocycles. The summed E-state index contributed by atoms with van der Waals surface area (Å²) in [5.41, 5.74) is 1.20. The molecule has 4 aromatic rings. The third kappa shape index (κ3) is 4.37. The van der Waals surface area contributed by atoms with E-state index in [-0.39, 0.29) is 11.4 Å². The van der Waals surface area contributed by atoms with Gasteiger partial charge in [0.2, 0.25) is 5.95 Å². The molecule has 8 nitrogen and oxygen atoms in total. The number of nitrogens with one attached hydrogen (secondary N) is 2. The van der Waals surface area contributed by atoms with Crippen LogP contribution in [0.1, 0.15) is 0 Å². The fraction of sp³-hybridized carbons (Fsp3) is 0.130. The summed E-state index contributed by atoms with van der Waals surface area (Å²) >= 11 is 1.69. The summed E-state index contributed by atoms with van der Waals surface area (Å²) in [6.07, 6.45) is 4.75. The Hall–Kier alpha value is -3.92. The van der Waals surface area contributed by atoms with E-state index in [0.717, 1.165) is 23.0 Å². The van der Waals surface area contributed by atoms with Gasteiger partial charge in [-0.15, -0.1) is 11.8 Å². The number of anilines is 3. The molecule has 3 aromatic heterocycles. The number of pyridine rings is 2. The number of nitrogens with zero attached hydrogens (tertiary/aromatic N) is 4. The number of hydrogen-bond acceptors (Lipinski definition) is 8. The van der Waals surface area contributed by atoms with Crippen molar-refractivity contribution in [2.75, 3.05) is 22.9 Å². The Balaban J connectivity index is 1.36. The molecule has 33 heavy (non-hydrogen) atoms. The van der Waals surface area contributed by atoms with E-state index >= 15 is 0 Å². The van der Waals surface area contributed by atoms with Crippen LogP contribution in [0.4, 0.5) is 21.8 Å². The van der Waals surface area contributed by atoms with E-state index in [2.05, 4.69) is 25.6 Å². The van der Waals surface area contributed by atoms with Crippen molar-refractivity contribution in [3.8, 4) is 22.8 Å². The quantitative estimate of drug-likeness (QED) is 0.450. The van der Waals surface area contributed by atoms with Gasteiger partial charge in [0.15, 0.2) is 0 Å². The molecular formula is C23H19FN6O2S. The largest absolute Gasteiger partial charge is 0.454 e. The van der Waals surface area contributed by atoms with Gasteiger partial charge in [-0.25, -0.2) is 14.4 Å². The van der Waals surface area contributed by atoms with Crippen LogP contribution in [0.2, 0.25) is 0 Å². The lowest BCUT2D eigenvalue weighted by molar-refractivity contribution is 0.468. The zero-order chi connectivity index (χ0) is 22.8. The molecule has 0 unspecified atom stereocenters. The molecule has 0 amide bonds. The Morgan fingerprint density at radius 3 is 2.73 bits per heavy atom. The minimum atomic E-state index is -0.338. The normalized spacial score (nSPS) is 12.5. The van der Waals surface area contributed by atoms with Gasteiger partial charge in [-0.3, -0.25) is 14.3 Å². The minimum absolute atomic E-state index is 0.263. The highest BCUT2D eigenvalue weighted by Gasteiger charge is 2.17. The number of rotatable bonds is 5. The van der Waals surface area contributed by atoms with Crippen molar-refractivity contribution >= 4 is 29.2 Å². The minimum Gasteiger partial charge on any atom is -0.454 e. The summed E-state index contributed by atoms with van der Waals surface area (Å²) in [4.78, 5) is 27.0. The maximum absolute atomic E-state index is 13.1. The van der Waals surface area contributed by atoms with Crippen LogP contribution in [0.25, 0.3) is 11.3 Å². The van der Waals surface area contributed by atoms with Gasteiger partial charge >= 0.3 is 0 Å². The topological polar surface area (TPSA) is 94.0 Å². The Bertz CT molecular complexity index is 1360. The lowest BCUT2D eigenvalue weighted by Crippen LogP contribution is -2.22. The van der Waals surface area contributed by atoms with Gasteiger partial charge in [-0.05, 0) is 36.4 Å². The molecule has 5 rings (SSSR count). The van der Waals surface area contributed by atoms with Crippen molar-refractivity contribution in [1.29, 1.82) is 0 Å². The van der Waals surface area contributed by atoms with Gasteiger partial charge in [0, 0.05) is 43.5 Å². The Morgan fingerprint density at radius 2 is 1.94 bits per heavy atom. The zero-order valence-corrected chi connectivity index (χ0v) is 18.4. The standard InChI is InChI=1S/C23H19FN6O2S/c1-30-22(31)17(13-28-23(30)29-15-4-2-14(24)3-5-15)18-7-6-16(12-27-18)32-19-8-9-25-21-20(19)33-11-10-26-21/h2-9,12-13H,10-11H2,1H3,(H,25,26)(H,28,29). The molecule has 1 aliphatic rings. The molecule has 166 valence electrons. The van der Waals surface area contributed by atoms with E-state index in [4.69, 9.17) is 4.74 Å². The molecule has 0 radical (unpaired) electrons. The zero-order valence-electron chi connectivity index (χ0n) is 17.6. The van der Waals surface area contributed by atoms with Crippen LogP contribution in [0.5, 0.6) is 11.5 Å². The molecule has 0 fully saturated rings. The highest BCUT2D eigenvalue weighted by Crippen LogP contribution is 2.39. The number of ether oxygens (including phenoxy) is 1. The summed E-state index contributed by atoms with van der Waals surface area (Å²) in [7, 11) is 1.61. The highest BCUT2D eigenvalue weighted by molar-refractivity contribution is 7.99. The maximum atomic E-state index is 13.1. The van der Waals surface area contributed by atoms with Gasteiger partial charge in [0.25, 0.3) is 5.56 Å². The van der Waals surface area contributed by atoms with Crippen LogP contribution in [0.3, 0.4) is 0 Å². The molecule has 4 heterocycles. The van der Waals surface area contributed by atoms with Crippen molar-refractivity contribution in [3.63, 3.8) is 0 Å². The fourth-order valence-electron chi connectivity index (χ4n) is 3.32. The van der Waals surface area contributed by atoms with Gasteiger partial charge < -0.3 is 15.4 Å². The van der Waals surface area contributed by atoms with Crippen LogP contribution >= 0.6 is 11.8 Å². The Kier molecular flexibility index (Phi) is 5.66. The fourth-order valence-corrected chi connectivity index (χ4v) is 4.25. The second-order valence-corrected chi connectivity index (χ2v) is 8.34. The van der Waals surface area contributed by atoms with Gasteiger partial charge in [0.1, 0.15) is 23.1 Å². The molecular weight excluding hydrogens is 443 g/mol. The molecule has 2 N–H and O–H groups in total. The molecule has 1 aromatic carbocycles. The summed E-state index contributed by atoms with van der Waals surface area (Å²) in [6, 6.07) is 11.1. The van der Waals surface area contributed by atoms with Crippen LogP contribution < -0.4 is 20.9 Å². The second-order valence-electron chi connectivity index (χ2n) is 7.23. The SMILES string of the molecule is Cn1c(Nc2ccc(F)cc2)ncc(-c2ccc(Oc3ccnc4c3SCCN4)cn2)c1=O. The predicted octanol–water partition coefficient (Wildman–Crippen LogP) is 4.43. The molecule has 0 bridgehead atoms. The number of halogens is 1. The molecule has 0 saturated heterocycles. The maximum Gasteiger partial charge on any atom is 0.264 e. The first-order chi connectivity index (χ1) is 16.1. The van der Waals surface area contributed by atoms with E-state index < -0.39 is 0 Å². The van der Waals surface area contributed by atoms with E-state index in [9.17, 15) is 9.18 Å². The van der Waals surface area contributed by atoms with Crippen LogP contribution in [0, 0.1) is 5.82 Å². The summed E-state index contributed by atoms with van der Waals surface area (Å²) in [6.45, 7) is 0.867. The Labute approximate surface area is 192 Å². The van der Waals surface area contributed by atoms with Gasteiger partial charge in [-0.1, -0.05) is 0 Å². The summed E-state index contributed by atoms with van der Waals surface area (Å²) in [5, 5.41) is 6.27. The first-order valence-electron chi connectivity index (χ1n) is 10.2. The van der Waals surface area contributed by atoms with Gasteiger partial charge in [-0.2, -0.15) is 0 Å². The van der Waals surface area contributed by atoms with E-state index in [0.29, 0.717) is 34.4 Å². The number of fused-ring (bicyclic) bond motifs is 1. The number of thioether (sulfide) groups is 1. The third-order valence-electron chi connectivity index (χ3n) is 5.02. The van der Waals surface area contributed by atoms with Crippen molar-refractivity contribution < 1.29 is 9.13 Å². The highest BCUT2D eigenvalue weighted by atomic mass is 32.2. The van der Waals surface area contributed by atoms with E-state index in [1.54, 1.807) is 55.5 Å². The Morgan fingerprint density at radius 1 is 1.09 bits per heavy atom. The molecule has 0 spiro atoms. The van der Waals surface area contributed by atoms with Gasteiger partial charge in [0.05, 0.1) is 22.3 Å². The van der Waals surface area contributed by atoms with Crippen molar-refractivity contribution in [1.82, 2.24) is 19.5 Å².